The van der Waals surface area contributed by atoms with E-state index in [0.717, 1.165) is 0 Å². The van der Waals surface area contributed by atoms with Gasteiger partial charge in [0.25, 0.3) is 0 Å². The van der Waals surface area contributed by atoms with Crippen LogP contribution in [0.3, 0.4) is 0 Å². The van der Waals surface area contributed by atoms with Crippen molar-refractivity contribution in [2.24, 2.45) is 0 Å². The van der Waals surface area contributed by atoms with E-state index in [4.69, 9.17) is 14.6 Å². The molecule has 0 aliphatic carbocycles. The maximum absolute atomic E-state index is 11.2. The summed E-state index contributed by atoms with van der Waals surface area (Å²) in [5.41, 5.74) is 0. The van der Waals surface area contributed by atoms with Gasteiger partial charge in [0, 0.05) is 13.0 Å². The molecule has 2 N–H and O–H groups in total. The van der Waals surface area contributed by atoms with Crippen molar-refractivity contribution in [1.82, 2.24) is 5.32 Å². The second kappa shape index (κ2) is 10.6. The summed E-state index contributed by atoms with van der Waals surface area (Å²) in [6.45, 7) is 6.24. The number of hydrogen-bond acceptors (Lipinski definition) is 4. The van der Waals surface area contributed by atoms with Gasteiger partial charge < -0.3 is 19.9 Å². The number of carbonyl (C=O) groups excluding carboxylic acids is 1. The lowest BCUT2D eigenvalue weighted by Crippen LogP contribution is -2.38. The minimum Gasteiger partial charge on any atom is -0.481 e. The van der Waals surface area contributed by atoms with E-state index in [-0.39, 0.29) is 19.1 Å². The minimum atomic E-state index is -0.836. The van der Waals surface area contributed by atoms with Crippen molar-refractivity contribution >= 4 is 12.1 Å². The molecule has 0 saturated carbocycles. The lowest BCUT2D eigenvalue weighted by Gasteiger charge is -2.16. The molecular weight excluding hydrogens is 238 g/mol. The summed E-state index contributed by atoms with van der Waals surface area (Å²) in [7, 11) is 0. The van der Waals surface area contributed by atoms with Gasteiger partial charge in [-0.3, -0.25) is 4.79 Å². The summed E-state index contributed by atoms with van der Waals surface area (Å²) in [6, 6.07) is -0.132. The van der Waals surface area contributed by atoms with Crippen LogP contribution < -0.4 is 5.32 Å². The Morgan fingerprint density at radius 1 is 1.50 bits per heavy atom. The Morgan fingerprint density at radius 3 is 2.78 bits per heavy atom. The Bertz CT molecular complexity index is 267. The quantitative estimate of drug-likeness (QED) is 0.459. The molecule has 0 radical (unpaired) electrons. The molecule has 0 aliphatic heterocycles. The number of carboxylic acids is 1. The van der Waals surface area contributed by atoms with E-state index in [2.05, 4.69) is 11.9 Å². The van der Waals surface area contributed by atoms with Crippen molar-refractivity contribution in [3.63, 3.8) is 0 Å². The lowest BCUT2D eigenvalue weighted by atomic mass is 10.2. The molecule has 0 aromatic rings. The molecule has 1 unspecified atom stereocenters. The van der Waals surface area contributed by atoms with Crippen LogP contribution in [0.1, 0.15) is 26.2 Å². The first-order chi connectivity index (χ1) is 8.60. The molecule has 0 saturated heterocycles. The van der Waals surface area contributed by atoms with Crippen LogP contribution in [0, 0.1) is 0 Å². The molecular formula is C12H21NO5. The summed E-state index contributed by atoms with van der Waals surface area (Å²) < 4.78 is 10.1. The molecule has 18 heavy (non-hydrogen) atoms. The Kier molecular flexibility index (Phi) is 9.67. The number of hydrogen-bond donors (Lipinski definition) is 2. The first-order valence-corrected chi connectivity index (χ1v) is 5.93. The fourth-order valence-electron chi connectivity index (χ4n) is 1.16. The molecule has 104 valence electrons. The second-order valence-electron chi connectivity index (χ2n) is 3.71. The van der Waals surface area contributed by atoms with Crippen LogP contribution in [0.15, 0.2) is 12.7 Å². The first-order valence-electron chi connectivity index (χ1n) is 5.93. The van der Waals surface area contributed by atoms with Gasteiger partial charge in [0.05, 0.1) is 12.6 Å². The molecule has 0 bridgehead atoms. The molecule has 0 fully saturated rings. The van der Waals surface area contributed by atoms with Crippen molar-refractivity contribution in [1.29, 1.82) is 0 Å². The number of alkyl carbamates (subject to hydrolysis) is 1. The summed E-state index contributed by atoms with van der Waals surface area (Å²) in [5.74, 6) is -0.836. The van der Waals surface area contributed by atoms with Crippen LogP contribution in [0.2, 0.25) is 0 Å². The van der Waals surface area contributed by atoms with Crippen molar-refractivity contribution in [2.45, 2.75) is 32.2 Å². The average molecular weight is 259 g/mol. The van der Waals surface area contributed by atoms with E-state index >= 15 is 0 Å². The molecule has 0 rings (SSSR count). The maximum atomic E-state index is 11.2. The van der Waals surface area contributed by atoms with Crippen LogP contribution in [-0.2, 0) is 14.3 Å². The third kappa shape index (κ3) is 9.65. The highest BCUT2D eigenvalue weighted by Crippen LogP contribution is 1.96. The van der Waals surface area contributed by atoms with Gasteiger partial charge in [-0.1, -0.05) is 19.6 Å². The van der Waals surface area contributed by atoms with Gasteiger partial charge >= 0.3 is 12.1 Å². The molecule has 6 nitrogen and oxygen atoms in total. The van der Waals surface area contributed by atoms with E-state index in [1.807, 2.05) is 6.92 Å². The lowest BCUT2D eigenvalue weighted by molar-refractivity contribution is -0.137. The Labute approximate surface area is 107 Å². The predicted molar refractivity (Wildman–Crippen MR) is 66.4 cm³/mol. The molecule has 0 aromatic carbocycles. The fraction of sp³-hybridized carbons (Fsp3) is 0.667. The fourth-order valence-corrected chi connectivity index (χ4v) is 1.16. The van der Waals surface area contributed by atoms with Gasteiger partial charge in [-0.15, -0.1) is 0 Å². The van der Waals surface area contributed by atoms with Crippen LogP contribution in [0.4, 0.5) is 4.79 Å². The van der Waals surface area contributed by atoms with Gasteiger partial charge in [-0.05, 0) is 12.8 Å². The smallest absolute Gasteiger partial charge is 0.407 e. The Hall–Kier alpha value is -1.56. The van der Waals surface area contributed by atoms with Crippen LogP contribution in [0.25, 0.3) is 0 Å². The normalized spacial score (nSPS) is 11.6. The Balaban J connectivity index is 3.66. The van der Waals surface area contributed by atoms with Gasteiger partial charge in [-0.2, -0.15) is 0 Å². The first kappa shape index (κ1) is 16.4. The summed E-state index contributed by atoms with van der Waals surface area (Å²) in [5, 5.41) is 11.1. The molecule has 0 spiro atoms. The zero-order chi connectivity index (χ0) is 13.8. The standard InChI is InChI=1S/C12H21NO5/c1-3-7-18-12(16)13-10(4-2)9-17-8-5-6-11(14)15/h3,10H,1,4-9H2,2H3,(H,13,16)(H,14,15). The summed E-state index contributed by atoms with van der Waals surface area (Å²) in [4.78, 5) is 21.5. The topological polar surface area (TPSA) is 84.9 Å². The molecule has 6 heteroatoms. The van der Waals surface area contributed by atoms with Gasteiger partial charge in [0.1, 0.15) is 6.61 Å². The monoisotopic (exact) mass is 259 g/mol. The number of amides is 1. The second-order valence-corrected chi connectivity index (χ2v) is 3.71. The maximum Gasteiger partial charge on any atom is 0.407 e. The zero-order valence-corrected chi connectivity index (χ0v) is 10.7. The molecule has 1 atom stereocenters. The number of aliphatic carboxylic acids is 1. The van der Waals surface area contributed by atoms with Gasteiger partial charge in [-0.25, -0.2) is 4.79 Å². The van der Waals surface area contributed by atoms with Gasteiger partial charge in [0.15, 0.2) is 0 Å². The van der Waals surface area contributed by atoms with E-state index in [9.17, 15) is 9.59 Å². The van der Waals surface area contributed by atoms with Crippen molar-refractivity contribution in [2.75, 3.05) is 19.8 Å². The molecule has 0 aliphatic rings. The highest BCUT2D eigenvalue weighted by molar-refractivity contribution is 5.67. The molecule has 0 aromatic heterocycles. The third-order valence-electron chi connectivity index (χ3n) is 2.15. The zero-order valence-electron chi connectivity index (χ0n) is 10.7. The van der Waals surface area contributed by atoms with Crippen molar-refractivity contribution in [3.05, 3.63) is 12.7 Å². The number of carbonyl (C=O) groups is 2. The molecule has 0 heterocycles. The predicted octanol–water partition coefficient (Wildman–Crippen LogP) is 1.56. The highest BCUT2D eigenvalue weighted by Gasteiger charge is 2.10. The van der Waals surface area contributed by atoms with E-state index < -0.39 is 12.1 Å². The summed E-state index contributed by atoms with van der Waals surface area (Å²) in [6.07, 6.45) is 2.25. The summed E-state index contributed by atoms with van der Waals surface area (Å²) >= 11 is 0. The molecule has 1 amide bonds. The van der Waals surface area contributed by atoms with E-state index in [1.54, 1.807) is 0 Å². The van der Waals surface area contributed by atoms with Crippen LogP contribution in [-0.4, -0.2) is 43.0 Å². The number of ether oxygens (including phenoxy) is 2. The largest absolute Gasteiger partial charge is 0.481 e. The average Bonchev–Trinajstić information content (AvgIpc) is 2.34. The minimum absolute atomic E-state index is 0.0889. The SMILES string of the molecule is C=CCOC(=O)NC(CC)COCCCC(=O)O. The third-order valence-corrected chi connectivity index (χ3v) is 2.15. The van der Waals surface area contributed by atoms with E-state index in [1.165, 1.54) is 6.08 Å². The Morgan fingerprint density at radius 2 is 2.22 bits per heavy atom. The number of carboxylic acid groups (broad SMARTS) is 1. The van der Waals surface area contributed by atoms with Crippen molar-refractivity contribution in [3.8, 4) is 0 Å². The number of nitrogens with one attached hydrogen (secondary N) is 1. The van der Waals surface area contributed by atoms with E-state index in [0.29, 0.717) is 26.1 Å². The number of rotatable bonds is 10. The van der Waals surface area contributed by atoms with Crippen LogP contribution in [0.5, 0.6) is 0 Å². The van der Waals surface area contributed by atoms with Crippen LogP contribution >= 0.6 is 0 Å². The van der Waals surface area contributed by atoms with Gasteiger partial charge in [0.2, 0.25) is 0 Å². The highest BCUT2D eigenvalue weighted by atomic mass is 16.5. The van der Waals surface area contributed by atoms with Crippen molar-refractivity contribution < 1.29 is 24.2 Å².